The van der Waals surface area contributed by atoms with Crippen LogP contribution in [0.25, 0.3) is 0 Å². The van der Waals surface area contributed by atoms with Crippen LogP contribution in [0.2, 0.25) is 5.02 Å². The Labute approximate surface area is 135 Å². The summed E-state index contributed by atoms with van der Waals surface area (Å²) in [5, 5.41) is 8.89. The van der Waals surface area contributed by atoms with Gasteiger partial charge in [0, 0.05) is 4.47 Å². The molecule has 8 heteroatoms. The van der Waals surface area contributed by atoms with E-state index < -0.39 is 10.0 Å². The molecule has 5 nitrogen and oxygen atoms in total. The zero-order chi connectivity index (χ0) is 15.6. The van der Waals surface area contributed by atoms with Crippen LogP contribution in [0.4, 0.5) is 11.4 Å². The smallest absolute Gasteiger partial charge is 0.263 e. The summed E-state index contributed by atoms with van der Waals surface area (Å²) in [7, 11) is -3.87. The molecule has 0 fully saturated rings. The molecule has 0 aliphatic heterocycles. The van der Waals surface area contributed by atoms with Crippen molar-refractivity contribution in [2.45, 2.75) is 4.90 Å². The zero-order valence-corrected chi connectivity index (χ0v) is 13.6. The minimum atomic E-state index is -3.87. The average Bonchev–Trinajstić information content (AvgIpc) is 2.40. The molecule has 21 heavy (non-hydrogen) atoms. The number of benzene rings is 2. The third-order valence-corrected chi connectivity index (χ3v) is 4.85. The fourth-order valence-electron chi connectivity index (χ4n) is 1.63. The molecule has 0 saturated heterocycles. The minimum Gasteiger partial charge on any atom is -0.398 e. The minimum absolute atomic E-state index is 0.0499. The lowest BCUT2D eigenvalue weighted by Gasteiger charge is -2.11. The molecule has 0 spiro atoms. The van der Waals surface area contributed by atoms with E-state index in [4.69, 9.17) is 22.6 Å². The Morgan fingerprint density at radius 3 is 2.52 bits per heavy atom. The Kier molecular flexibility index (Phi) is 4.42. The maximum atomic E-state index is 12.3. The van der Waals surface area contributed by atoms with Gasteiger partial charge in [-0.2, -0.15) is 5.26 Å². The lowest BCUT2D eigenvalue weighted by atomic mass is 10.2. The summed E-state index contributed by atoms with van der Waals surface area (Å²) in [5.74, 6) is 0. The van der Waals surface area contributed by atoms with Crippen molar-refractivity contribution in [1.29, 1.82) is 5.26 Å². The number of sulfonamides is 1. The molecular formula is C13H9BrClN3O2S. The van der Waals surface area contributed by atoms with Crippen LogP contribution < -0.4 is 10.5 Å². The van der Waals surface area contributed by atoms with Crippen LogP contribution in [0, 0.1) is 11.3 Å². The van der Waals surface area contributed by atoms with Crippen LogP contribution in [-0.2, 0) is 10.0 Å². The van der Waals surface area contributed by atoms with E-state index in [1.54, 1.807) is 6.07 Å². The van der Waals surface area contributed by atoms with E-state index in [0.29, 0.717) is 10.0 Å². The van der Waals surface area contributed by atoms with Crippen LogP contribution >= 0.6 is 27.5 Å². The molecule has 0 amide bonds. The second-order valence-electron chi connectivity index (χ2n) is 4.09. The van der Waals surface area contributed by atoms with Gasteiger partial charge in [-0.3, -0.25) is 4.72 Å². The first-order valence-corrected chi connectivity index (χ1v) is 8.26. The summed E-state index contributed by atoms with van der Waals surface area (Å²) in [6.07, 6.45) is 0. The molecule has 2 rings (SSSR count). The molecule has 0 radical (unpaired) electrons. The maximum absolute atomic E-state index is 12.3. The fraction of sp³-hybridized carbons (Fsp3) is 0. The molecule has 2 aromatic carbocycles. The second kappa shape index (κ2) is 5.93. The van der Waals surface area contributed by atoms with Gasteiger partial charge in [0.2, 0.25) is 0 Å². The topological polar surface area (TPSA) is 96.0 Å². The maximum Gasteiger partial charge on any atom is 0.263 e. The van der Waals surface area contributed by atoms with Crippen LogP contribution in [-0.4, -0.2) is 8.42 Å². The lowest BCUT2D eigenvalue weighted by molar-refractivity contribution is 0.601. The number of nitrogen functional groups attached to an aromatic ring is 1. The number of nitrogens with two attached hydrogens (primary N) is 1. The quantitative estimate of drug-likeness (QED) is 0.791. The van der Waals surface area contributed by atoms with E-state index in [-0.39, 0.29) is 21.3 Å². The van der Waals surface area contributed by atoms with E-state index in [1.165, 1.54) is 30.3 Å². The molecule has 0 bridgehead atoms. The SMILES string of the molecule is N#Cc1ccc(NS(=O)(=O)c2ccc(Br)cc2N)c(Cl)c1. The van der Waals surface area contributed by atoms with E-state index in [1.807, 2.05) is 6.07 Å². The Hall–Kier alpha value is -1.75. The van der Waals surface area contributed by atoms with Crippen LogP contribution in [0.1, 0.15) is 5.56 Å². The van der Waals surface area contributed by atoms with Gasteiger partial charge in [-0.25, -0.2) is 8.42 Å². The van der Waals surface area contributed by atoms with Crippen molar-refractivity contribution in [3.63, 3.8) is 0 Å². The van der Waals surface area contributed by atoms with Crippen molar-refractivity contribution < 1.29 is 8.42 Å². The van der Waals surface area contributed by atoms with Gasteiger partial charge in [0.05, 0.1) is 28.0 Å². The highest BCUT2D eigenvalue weighted by Crippen LogP contribution is 2.28. The van der Waals surface area contributed by atoms with Crippen molar-refractivity contribution >= 4 is 48.9 Å². The number of nitriles is 1. The average molecular weight is 387 g/mol. The van der Waals surface area contributed by atoms with Crippen molar-refractivity contribution in [3.8, 4) is 6.07 Å². The summed E-state index contributed by atoms with van der Waals surface area (Å²) in [6.45, 7) is 0. The monoisotopic (exact) mass is 385 g/mol. The van der Waals surface area contributed by atoms with Crippen LogP contribution in [0.3, 0.4) is 0 Å². The molecule has 0 aliphatic rings. The van der Waals surface area contributed by atoms with E-state index in [9.17, 15) is 8.42 Å². The molecule has 0 atom stereocenters. The van der Waals surface area contributed by atoms with Gasteiger partial charge < -0.3 is 5.73 Å². The molecule has 0 aliphatic carbocycles. The third kappa shape index (κ3) is 3.47. The largest absolute Gasteiger partial charge is 0.398 e. The van der Waals surface area contributed by atoms with Gasteiger partial charge in [-0.05, 0) is 36.4 Å². The summed E-state index contributed by atoms with van der Waals surface area (Å²) in [6, 6.07) is 10.6. The van der Waals surface area contributed by atoms with Gasteiger partial charge in [-0.1, -0.05) is 27.5 Å². The highest BCUT2D eigenvalue weighted by atomic mass is 79.9. The second-order valence-corrected chi connectivity index (χ2v) is 7.07. The number of nitrogens with zero attached hydrogens (tertiary/aromatic N) is 1. The highest BCUT2D eigenvalue weighted by Gasteiger charge is 2.19. The molecule has 0 aromatic heterocycles. The molecule has 0 unspecified atom stereocenters. The Balaban J connectivity index is 2.40. The van der Waals surface area contributed by atoms with E-state index in [2.05, 4.69) is 20.7 Å². The molecule has 3 N–H and O–H groups in total. The van der Waals surface area contributed by atoms with E-state index >= 15 is 0 Å². The first-order chi connectivity index (χ1) is 9.83. The van der Waals surface area contributed by atoms with Gasteiger partial charge in [-0.15, -0.1) is 0 Å². The van der Waals surface area contributed by atoms with Crippen molar-refractivity contribution in [2.24, 2.45) is 0 Å². The first-order valence-electron chi connectivity index (χ1n) is 5.61. The molecule has 0 heterocycles. The van der Waals surface area contributed by atoms with Crippen molar-refractivity contribution in [1.82, 2.24) is 0 Å². The standard InChI is InChI=1S/C13H9BrClN3O2S/c14-9-2-4-13(11(17)6-9)21(19,20)18-12-3-1-8(7-16)5-10(12)15/h1-6,18H,17H2. The number of anilines is 2. The molecule has 108 valence electrons. The highest BCUT2D eigenvalue weighted by molar-refractivity contribution is 9.10. The lowest BCUT2D eigenvalue weighted by Crippen LogP contribution is -2.15. The molecule has 0 saturated carbocycles. The first kappa shape index (κ1) is 15.6. The fourth-order valence-corrected chi connectivity index (χ4v) is 3.49. The predicted octanol–water partition coefficient (Wildman–Crippen LogP) is 3.36. The third-order valence-electron chi connectivity index (χ3n) is 2.60. The summed E-state index contributed by atoms with van der Waals surface area (Å²) in [5.41, 5.74) is 6.35. The van der Waals surface area contributed by atoms with Gasteiger partial charge >= 0.3 is 0 Å². The van der Waals surface area contributed by atoms with E-state index in [0.717, 1.165) is 0 Å². The summed E-state index contributed by atoms with van der Waals surface area (Å²) < 4.78 is 27.6. The van der Waals surface area contributed by atoms with Gasteiger partial charge in [0.25, 0.3) is 10.0 Å². The number of hydrogen-bond donors (Lipinski definition) is 2. The summed E-state index contributed by atoms with van der Waals surface area (Å²) in [4.78, 5) is -0.0499. The van der Waals surface area contributed by atoms with Gasteiger partial charge in [0.1, 0.15) is 4.90 Å². The van der Waals surface area contributed by atoms with Gasteiger partial charge in [0.15, 0.2) is 0 Å². The Morgan fingerprint density at radius 1 is 1.24 bits per heavy atom. The normalized spacial score (nSPS) is 10.9. The number of halogens is 2. The Bertz CT molecular complexity index is 847. The predicted molar refractivity (Wildman–Crippen MR) is 85.5 cm³/mol. The van der Waals surface area contributed by atoms with Crippen molar-refractivity contribution in [2.75, 3.05) is 10.5 Å². The van der Waals surface area contributed by atoms with Crippen molar-refractivity contribution in [3.05, 3.63) is 51.5 Å². The zero-order valence-electron chi connectivity index (χ0n) is 10.5. The number of nitrogens with one attached hydrogen (secondary N) is 1. The number of rotatable bonds is 3. The molecule has 2 aromatic rings. The van der Waals surface area contributed by atoms with Crippen LogP contribution in [0.15, 0.2) is 45.8 Å². The number of hydrogen-bond acceptors (Lipinski definition) is 4. The molecular weight excluding hydrogens is 378 g/mol. The summed E-state index contributed by atoms with van der Waals surface area (Å²) >= 11 is 9.16. The Morgan fingerprint density at radius 2 is 1.95 bits per heavy atom. The van der Waals surface area contributed by atoms with Crippen LogP contribution in [0.5, 0.6) is 0 Å².